The van der Waals surface area contributed by atoms with Gasteiger partial charge in [-0.15, -0.1) is 0 Å². The normalized spacial score (nSPS) is 10.3. The predicted molar refractivity (Wildman–Crippen MR) is 55.3 cm³/mol. The maximum atomic E-state index is 13.1. The van der Waals surface area contributed by atoms with Gasteiger partial charge in [-0.25, -0.2) is 4.39 Å². The zero-order chi connectivity index (χ0) is 10.7. The number of nitrogens with two attached hydrogens (primary N) is 1. The molecule has 15 heavy (non-hydrogen) atoms. The first-order chi connectivity index (χ1) is 7.31. The topological polar surface area (TPSA) is 51.8 Å². The Morgan fingerprint density at radius 1 is 1.27 bits per heavy atom. The van der Waals surface area contributed by atoms with Gasteiger partial charge in [0.15, 0.2) is 0 Å². The Balaban J connectivity index is 2.56. The van der Waals surface area contributed by atoms with Gasteiger partial charge in [0.2, 0.25) is 0 Å². The summed E-state index contributed by atoms with van der Waals surface area (Å²) in [6, 6.07) is 4.48. The van der Waals surface area contributed by atoms with Gasteiger partial charge in [-0.1, -0.05) is 6.07 Å². The van der Waals surface area contributed by atoms with Crippen LogP contribution in [0.15, 0.2) is 36.8 Å². The lowest BCUT2D eigenvalue weighted by Gasteiger charge is -2.06. The lowest BCUT2D eigenvalue weighted by Crippen LogP contribution is -2.00. The minimum Gasteiger partial charge on any atom is -0.326 e. The first-order valence-corrected chi connectivity index (χ1v) is 4.56. The highest BCUT2D eigenvalue weighted by Crippen LogP contribution is 2.21. The standard InChI is InChI=1S/C11H10FN3/c12-9-2-1-8(6-13)10(5-9)11-7-14-3-4-15-11/h1-5,7H,6,13H2. The van der Waals surface area contributed by atoms with E-state index in [1.807, 2.05) is 0 Å². The van der Waals surface area contributed by atoms with E-state index in [1.54, 1.807) is 24.7 Å². The molecule has 3 nitrogen and oxygen atoms in total. The van der Waals surface area contributed by atoms with E-state index in [0.29, 0.717) is 17.8 Å². The van der Waals surface area contributed by atoms with Crippen LogP contribution >= 0.6 is 0 Å². The fourth-order valence-electron chi connectivity index (χ4n) is 1.40. The Kier molecular flexibility index (Phi) is 2.69. The van der Waals surface area contributed by atoms with E-state index >= 15 is 0 Å². The molecule has 1 aromatic heterocycles. The molecule has 0 saturated heterocycles. The minimum atomic E-state index is -0.298. The van der Waals surface area contributed by atoms with Crippen LogP contribution in [0.3, 0.4) is 0 Å². The Morgan fingerprint density at radius 3 is 2.80 bits per heavy atom. The summed E-state index contributed by atoms with van der Waals surface area (Å²) < 4.78 is 13.1. The van der Waals surface area contributed by atoms with E-state index in [2.05, 4.69) is 9.97 Å². The average molecular weight is 203 g/mol. The zero-order valence-corrected chi connectivity index (χ0v) is 8.02. The Labute approximate surface area is 86.8 Å². The molecule has 0 saturated carbocycles. The van der Waals surface area contributed by atoms with E-state index in [1.165, 1.54) is 12.1 Å². The van der Waals surface area contributed by atoms with Crippen molar-refractivity contribution < 1.29 is 4.39 Å². The van der Waals surface area contributed by atoms with Crippen LogP contribution in [0, 0.1) is 5.82 Å². The highest BCUT2D eigenvalue weighted by molar-refractivity contribution is 5.62. The molecular weight excluding hydrogens is 193 g/mol. The van der Waals surface area contributed by atoms with Crippen molar-refractivity contribution in [2.24, 2.45) is 5.73 Å². The van der Waals surface area contributed by atoms with E-state index in [4.69, 9.17) is 5.73 Å². The highest BCUT2D eigenvalue weighted by atomic mass is 19.1. The Bertz CT molecular complexity index is 457. The second kappa shape index (κ2) is 4.14. The summed E-state index contributed by atoms with van der Waals surface area (Å²) in [6.07, 6.45) is 4.74. The molecule has 2 aromatic rings. The molecule has 0 aliphatic rings. The van der Waals surface area contributed by atoms with Crippen LogP contribution in [0.1, 0.15) is 5.56 Å². The van der Waals surface area contributed by atoms with Crippen LogP contribution in [-0.4, -0.2) is 9.97 Å². The Hall–Kier alpha value is -1.81. The van der Waals surface area contributed by atoms with Crippen LogP contribution in [0.25, 0.3) is 11.3 Å². The number of nitrogens with zero attached hydrogens (tertiary/aromatic N) is 2. The summed E-state index contributed by atoms with van der Waals surface area (Å²) in [5.74, 6) is -0.298. The summed E-state index contributed by atoms with van der Waals surface area (Å²) in [7, 11) is 0. The van der Waals surface area contributed by atoms with Gasteiger partial charge >= 0.3 is 0 Å². The lowest BCUT2D eigenvalue weighted by molar-refractivity contribution is 0.627. The first-order valence-electron chi connectivity index (χ1n) is 4.56. The molecule has 0 amide bonds. The molecule has 0 spiro atoms. The number of hydrogen-bond acceptors (Lipinski definition) is 3. The largest absolute Gasteiger partial charge is 0.326 e. The maximum Gasteiger partial charge on any atom is 0.123 e. The van der Waals surface area contributed by atoms with Gasteiger partial charge in [0.1, 0.15) is 5.82 Å². The number of hydrogen-bond donors (Lipinski definition) is 1. The Morgan fingerprint density at radius 2 is 2.13 bits per heavy atom. The SMILES string of the molecule is NCc1ccc(F)cc1-c1cnccn1. The van der Waals surface area contributed by atoms with Gasteiger partial charge in [0.25, 0.3) is 0 Å². The first kappa shape index (κ1) is 9.73. The van der Waals surface area contributed by atoms with Crippen LogP contribution in [0.4, 0.5) is 4.39 Å². The molecule has 1 heterocycles. The van der Waals surface area contributed by atoms with Crippen LogP contribution in [0.2, 0.25) is 0 Å². The molecule has 0 aliphatic carbocycles. The van der Waals surface area contributed by atoms with Crippen molar-refractivity contribution in [3.05, 3.63) is 48.2 Å². The van der Waals surface area contributed by atoms with Crippen molar-refractivity contribution in [3.8, 4) is 11.3 Å². The van der Waals surface area contributed by atoms with E-state index in [-0.39, 0.29) is 5.82 Å². The zero-order valence-electron chi connectivity index (χ0n) is 8.02. The molecule has 0 bridgehead atoms. The second-order valence-corrected chi connectivity index (χ2v) is 3.10. The van der Waals surface area contributed by atoms with Gasteiger partial charge in [0, 0.05) is 24.5 Å². The molecule has 0 unspecified atom stereocenters. The molecular formula is C11H10FN3. The predicted octanol–water partition coefficient (Wildman–Crippen LogP) is 1.74. The van der Waals surface area contributed by atoms with Crippen LogP contribution in [-0.2, 0) is 6.54 Å². The molecule has 2 rings (SSSR count). The number of halogens is 1. The fraction of sp³-hybridized carbons (Fsp3) is 0.0909. The number of aromatic nitrogens is 2. The fourth-order valence-corrected chi connectivity index (χ4v) is 1.40. The molecule has 0 atom stereocenters. The van der Waals surface area contributed by atoms with Crippen molar-refractivity contribution in [3.63, 3.8) is 0 Å². The highest BCUT2D eigenvalue weighted by Gasteiger charge is 2.06. The molecule has 2 N–H and O–H groups in total. The van der Waals surface area contributed by atoms with Gasteiger partial charge in [-0.05, 0) is 17.7 Å². The summed E-state index contributed by atoms with van der Waals surface area (Å²) in [5.41, 5.74) is 7.76. The molecule has 0 aliphatic heterocycles. The van der Waals surface area contributed by atoms with Gasteiger partial charge in [-0.3, -0.25) is 9.97 Å². The van der Waals surface area contributed by atoms with Gasteiger partial charge < -0.3 is 5.73 Å². The molecule has 4 heteroatoms. The molecule has 1 aromatic carbocycles. The lowest BCUT2D eigenvalue weighted by atomic mass is 10.0. The molecule has 0 radical (unpaired) electrons. The van der Waals surface area contributed by atoms with Gasteiger partial charge in [-0.2, -0.15) is 0 Å². The third-order valence-corrected chi connectivity index (χ3v) is 2.13. The third-order valence-electron chi connectivity index (χ3n) is 2.13. The van der Waals surface area contributed by atoms with E-state index < -0.39 is 0 Å². The monoisotopic (exact) mass is 203 g/mol. The number of rotatable bonds is 2. The van der Waals surface area contributed by atoms with Crippen molar-refractivity contribution in [2.75, 3.05) is 0 Å². The van der Waals surface area contributed by atoms with Crippen molar-refractivity contribution in [1.29, 1.82) is 0 Å². The molecule has 76 valence electrons. The van der Waals surface area contributed by atoms with Crippen molar-refractivity contribution in [1.82, 2.24) is 9.97 Å². The van der Waals surface area contributed by atoms with E-state index in [0.717, 1.165) is 5.56 Å². The minimum absolute atomic E-state index is 0.298. The number of benzene rings is 1. The molecule has 0 fully saturated rings. The smallest absolute Gasteiger partial charge is 0.123 e. The van der Waals surface area contributed by atoms with E-state index in [9.17, 15) is 4.39 Å². The van der Waals surface area contributed by atoms with Crippen molar-refractivity contribution in [2.45, 2.75) is 6.54 Å². The second-order valence-electron chi connectivity index (χ2n) is 3.10. The van der Waals surface area contributed by atoms with Gasteiger partial charge in [0.05, 0.1) is 11.9 Å². The quantitative estimate of drug-likeness (QED) is 0.808. The van der Waals surface area contributed by atoms with Crippen molar-refractivity contribution >= 4 is 0 Å². The van der Waals surface area contributed by atoms with Crippen LogP contribution < -0.4 is 5.73 Å². The summed E-state index contributed by atoms with van der Waals surface area (Å²) in [4.78, 5) is 8.05. The summed E-state index contributed by atoms with van der Waals surface area (Å²) in [5, 5.41) is 0. The van der Waals surface area contributed by atoms with Crippen LogP contribution in [0.5, 0.6) is 0 Å². The average Bonchev–Trinajstić information content (AvgIpc) is 2.30. The third kappa shape index (κ3) is 1.99. The maximum absolute atomic E-state index is 13.1. The summed E-state index contributed by atoms with van der Waals surface area (Å²) in [6.45, 7) is 0.353. The summed E-state index contributed by atoms with van der Waals surface area (Å²) >= 11 is 0.